The van der Waals surface area contributed by atoms with Crippen LogP contribution in [-0.2, 0) is 19.1 Å². The summed E-state index contributed by atoms with van der Waals surface area (Å²) in [5.41, 5.74) is -0.772. The molecule has 0 saturated carbocycles. The number of carboxylic acids is 2. The Morgan fingerprint density at radius 2 is 2.09 bits per heavy atom. The second kappa shape index (κ2) is 5.39. The van der Waals surface area contributed by atoms with Gasteiger partial charge in [-0.2, -0.15) is 0 Å². The van der Waals surface area contributed by atoms with Crippen LogP contribution in [0.4, 0.5) is 0 Å². The van der Waals surface area contributed by atoms with Gasteiger partial charge in [0.05, 0.1) is 18.6 Å². The number of fused-ring (bicyclic) bond motifs is 1. The Balaban J connectivity index is 1.59. The topological polar surface area (TPSA) is 104 Å². The zero-order valence-electron chi connectivity index (χ0n) is 12.1. The molecule has 2 N–H and O–H groups in total. The highest BCUT2D eigenvalue weighted by molar-refractivity contribution is 5.90. The average molecular weight is 309 g/mol. The van der Waals surface area contributed by atoms with Crippen LogP contribution in [0.1, 0.15) is 25.7 Å². The fourth-order valence-electron chi connectivity index (χ4n) is 3.81. The van der Waals surface area contributed by atoms with Crippen molar-refractivity contribution in [2.24, 2.45) is 11.8 Å². The molecule has 0 radical (unpaired) electrons. The van der Waals surface area contributed by atoms with Crippen molar-refractivity contribution in [1.82, 2.24) is 4.90 Å². The highest BCUT2D eigenvalue weighted by Gasteiger charge is 2.66. The van der Waals surface area contributed by atoms with E-state index in [1.807, 2.05) is 6.08 Å². The number of carbonyl (C=O) groups excluding carboxylic acids is 1. The first kappa shape index (κ1) is 15.0. The van der Waals surface area contributed by atoms with Gasteiger partial charge in [0, 0.05) is 13.0 Å². The second-order valence-electron chi connectivity index (χ2n) is 6.20. The summed E-state index contributed by atoms with van der Waals surface area (Å²) in [6.07, 6.45) is 5.26. The lowest BCUT2D eigenvalue weighted by molar-refractivity contribution is -0.148. The molecule has 2 bridgehead atoms. The van der Waals surface area contributed by atoms with Crippen molar-refractivity contribution in [3.8, 4) is 0 Å². The summed E-state index contributed by atoms with van der Waals surface area (Å²) in [7, 11) is 0. The number of carboxylic acid groups (broad SMARTS) is 2. The zero-order chi connectivity index (χ0) is 15.9. The number of hydrogen-bond acceptors (Lipinski definition) is 4. The van der Waals surface area contributed by atoms with Crippen LogP contribution in [0.5, 0.6) is 0 Å². The predicted octanol–water partition coefficient (Wildman–Crippen LogP) is 0.498. The van der Waals surface area contributed by atoms with Crippen molar-refractivity contribution in [2.75, 3.05) is 13.1 Å². The number of aliphatic carboxylic acids is 2. The van der Waals surface area contributed by atoms with Crippen molar-refractivity contribution >= 4 is 17.8 Å². The quantitative estimate of drug-likeness (QED) is 0.524. The van der Waals surface area contributed by atoms with Gasteiger partial charge in [0.2, 0.25) is 5.91 Å². The number of rotatable bonds is 7. The van der Waals surface area contributed by atoms with E-state index in [9.17, 15) is 19.5 Å². The minimum absolute atomic E-state index is 0.134. The maximum absolute atomic E-state index is 12.5. The van der Waals surface area contributed by atoms with E-state index in [1.165, 1.54) is 0 Å². The lowest BCUT2D eigenvalue weighted by Gasteiger charge is -2.21. The van der Waals surface area contributed by atoms with Gasteiger partial charge in [0.15, 0.2) is 0 Å². The molecular formula is C15H19NO6. The molecule has 7 heteroatoms. The molecule has 3 heterocycles. The van der Waals surface area contributed by atoms with Crippen LogP contribution >= 0.6 is 0 Å². The molecule has 120 valence electrons. The van der Waals surface area contributed by atoms with E-state index in [-0.39, 0.29) is 12.3 Å². The van der Waals surface area contributed by atoms with Crippen molar-refractivity contribution in [2.45, 2.75) is 37.4 Å². The molecule has 0 aromatic heterocycles. The van der Waals surface area contributed by atoms with Crippen molar-refractivity contribution in [1.29, 1.82) is 0 Å². The molecule has 4 unspecified atom stereocenters. The van der Waals surface area contributed by atoms with Crippen LogP contribution in [0, 0.1) is 11.8 Å². The molecular weight excluding hydrogens is 290 g/mol. The molecule has 3 rings (SSSR count). The van der Waals surface area contributed by atoms with E-state index in [0.717, 1.165) is 6.42 Å². The minimum Gasteiger partial charge on any atom is -0.481 e. The van der Waals surface area contributed by atoms with Crippen molar-refractivity contribution in [3.63, 3.8) is 0 Å². The third-order valence-electron chi connectivity index (χ3n) is 4.78. The van der Waals surface area contributed by atoms with E-state index < -0.39 is 35.5 Å². The van der Waals surface area contributed by atoms with Crippen molar-refractivity contribution < 1.29 is 29.3 Å². The lowest BCUT2D eigenvalue weighted by Crippen LogP contribution is -2.39. The van der Waals surface area contributed by atoms with E-state index in [0.29, 0.717) is 25.9 Å². The predicted molar refractivity (Wildman–Crippen MR) is 74.0 cm³/mol. The molecule has 0 aliphatic carbocycles. The molecule has 7 nitrogen and oxygen atoms in total. The Labute approximate surface area is 127 Å². The molecule has 0 aromatic rings. The summed E-state index contributed by atoms with van der Waals surface area (Å²) in [4.78, 5) is 36.0. The maximum atomic E-state index is 12.5. The molecule has 2 fully saturated rings. The molecule has 2 saturated heterocycles. The largest absolute Gasteiger partial charge is 0.481 e. The molecule has 3 aliphatic heterocycles. The molecule has 1 spiro atoms. The molecule has 22 heavy (non-hydrogen) atoms. The Bertz CT molecular complexity index is 544. The Kier molecular flexibility index (Phi) is 3.68. The van der Waals surface area contributed by atoms with Gasteiger partial charge in [-0.05, 0) is 12.8 Å². The highest BCUT2D eigenvalue weighted by atomic mass is 16.5. The van der Waals surface area contributed by atoms with Gasteiger partial charge in [0.1, 0.15) is 11.5 Å². The average Bonchev–Trinajstić information content (AvgIpc) is 3.07. The molecule has 0 aromatic carbocycles. The Morgan fingerprint density at radius 1 is 1.32 bits per heavy atom. The number of ether oxygens (including phenoxy) is 1. The first-order valence-corrected chi connectivity index (χ1v) is 7.55. The van der Waals surface area contributed by atoms with Gasteiger partial charge in [-0.1, -0.05) is 18.6 Å². The van der Waals surface area contributed by atoms with E-state index in [2.05, 4.69) is 0 Å². The third kappa shape index (κ3) is 2.29. The summed E-state index contributed by atoms with van der Waals surface area (Å²) in [5, 5.41) is 17.9. The number of amides is 1. The molecule has 4 atom stereocenters. The van der Waals surface area contributed by atoms with Crippen LogP contribution in [0.25, 0.3) is 0 Å². The summed E-state index contributed by atoms with van der Waals surface area (Å²) < 4.78 is 5.79. The maximum Gasteiger partial charge on any atom is 0.310 e. The van der Waals surface area contributed by atoms with Gasteiger partial charge in [-0.25, -0.2) is 0 Å². The first-order valence-electron chi connectivity index (χ1n) is 7.55. The zero-order valence-corrected chi connectivity index (χ0v) is 12.1. The van der Waals surface area contributed by atoms with Gasteiger partial charge in [-0.3, -0.25) is 14.4 Å². The number of likely N-dealkylation sites (tertiary alicyclic amines) is 1. The van der Waals surface area contributed by atoms with Gasteiger partial charge >= 0.3 is 11.9 Å². The highest BCUT2D eigenvalue weighted by Crippen LogP contribution is 2.51. The normalized spacial score (nSPS) is 35.2. The van der Waals surface area contributed by atoms with Crippen LogP contribution in [0.3, 0.4) is 0 Å². The number of carbonyl (C=O) groups is 3. The third-order valence-corrected chi connectivity index (χ3v) is 4.78. The summed E-state index contributed by atoms with van der Waals surface area (Å²) in [5.74, 6) is -3.38. The monoisotopic (exact) mass is 309 g/mol. The van der Waals surface area contributed by atoms with Crippen LogP contribution < -0.4 is 0 Å². The second-order valence-corrected chi connectivity index (χ2v) is 6.20. The summed E-state index contributed by atoms with van der Waals surface area (Å²) in [6.45, 7) is 0.914. The smallest absolute Gasteiger partial charge is 0.310 e. The van der Waals surface area contributed by atoms with Gasteiger partial charge in [0.25, 0.3) is 0 Å². The van der Waals surface area contributed by atoms with Gasteiger partial charge < -0.3 is 19.8 Å². The van der Waals surface area contributed by atoms with E-state index in [1.54, 1.807) is 11.0 Å². The van der Waals surface area contributed by atoms with Crippen molar-refractivity contribution in [3.05, 3.63) is 12.2 Å². The van der Waals surface area contributed by atoms with Crippen LogP contribution in [0.15, 0.2) is 12.2 Å². The van der Waals surface area contributed by atoms with Crippen LogP contribution in [-0.4, -0.2) is 57.8 Å². The molecule has 3 aliphatic rings. The SMILES string of the molecule is O=C(O)CCCCCN1CC23C=CC(O2)C(C(=O)O)C3C1=O. The fraction of sp³-hybridized carbons (Fsp3) is 0.667. The summed E-state index contributed by atoms with van der Waals surface area (Å²) in [6, 6.07) is 0. The Hall–Kier alpha value is -1.89. The lowest BCUT2D eigenvalue weighted by atomic mass is 9.77. The van der Waals surface area contributed by atoms with Crippen LogP contribution in [0.2, 0.25) is 0 Å². The molecule has 1 amide bonds. The minimum atomic E-state index is -0.988. The standard InChI is InChI=1S/C15H19NO6/c17-10(18)4-2-1-3-7-16-8-15-6-5-9(22-15)11(14(20)21)12(15)13(16)19/h5-6,9,11-12H,1-4,7-8H2,(H,17,18)(H,20,21). The Morgan fingerprint density at radius 3 is 2.77 bits per heavy atom. The fourth-order valence-corrected chi connectivity index (χ4v) is 3.81. The van der Waals surface area contributed by atoms with Gasteiger partial charge in [-0.15, -0.1) is 0 Å². The summed E-state index contributed by atoms with van der Waals surface area (Å²) >= 11 is 0. The number of unbranched alkanes of at least 4 members (excludes halogenated alkanes) is 2. The van der Waals surface area contributed by atoms with E-state index >= 15 is 0 Å². The van der Waals surface area contributed by atoms with E-state index in [4.69, 9.17) is 9.84 Å². The number of hydrogen-bond donors (Lipinski definition) is 2. The first-order chi connectivity index (χ1) is 10.4. The number of nitrogens with zero attached hydrogens (tertiary/aromatic N) is 1.